The van der Waals surface area contributed by atoms with Gasteiger partial charge in [-0.05, 0) is 45.9 Å². The molecule has 0 aliphatic heterocycles. The van der Waals surface area contributed by atoms with E-state index < -0.39 is 0 Å². The highest BCUT2D eigenvalue weighted by Crippen LogP contribution is 2.35. The average Bonchev–Trinajstić information content (AvgIpc) is 3.05. The second-order valence-electron chi connectivity index (χ2n) is 5.71. The van der Waals surface area contributed by atoms with Crippen molar-refractivity contribution in [3.63, 3.8) is 0 Å². The van der Waals surface area contributed by atoms with Gasteiger partial charge in [0, 0.05) is 21.5 Å². The van der Waals surface area contributed by atoms with E-state index in [1.54, 1.807) is 22.7 Å². The maximum absolute atomic E-state index is 12.5. The number of carbonyl (C=O) groups excluding carboxylic acids is 1. The molecule has 5 heteroatoms. The van der Waals surface area contributed by atoms with Gasteiger partial charge >= 0.3 is 0 Å². The topological polar surface area (TPSA) is 42.0 Å². The Hall–Kier alpha value is -1.98. The van der Waals surface area contributed by atoms with E-state index in [1.165, 1.54) is 0 Å². The Morgan fingerprint density at radius 2 is 1.74 bits per heavy atom. The molecule has 1 amide bonds. The zero-order valence-corrected chi connectivity index (χ0v) is 15.2. The number of aromatic nitrogens is 1. The van der Waals surface area contributed by atoms with Gasteiger partial charge in [-0.15, -0.1) is 22.7 Å². The van der Waals surface area contributed by atoms with Crippen LogP contribution >= 0.6 is 22.7 Å². The lowest BCUT2D eigenvalue weighted by Crippen LogP contribution is -2.12. The smallest absolute Gasteiger partial charge is 0.255 e. The Bertz CT molecular complexity index is 857. The molecule has 0 aliphatic carbocycles. The number of rotatable bonds is 3. The molecular weight excluding hydrogens is 324 g/mol. The summed E-state index contributed by atoms with van der Waals surface area (Å²) in [4.78, 5) is 19.2. The van der Waals surface area contributed by atoms with Crippen molar-refractivity contribution in [2.75, 3.05) is 5.32 Å². The van der Waals surface area contributed by atoms with E-state index in [0.717, 1.165) is 37.3 Å². The summed E-state index contributed by atoms with van der Waals surface area (Å²) < 4.78 is 0. The summed E-state index contributed by atoms with van der Waals surface area (Å²) in [6.45, 7) is 8.01. The number of hydrogen-bond acceptors (Lipinski definition) is 4. The second-order valence-corrected chi connectivity index (χ2v) is 7.82. The minimum atomic E-state index is -0.0698. The van der Waals surface area contributed by atoms with E-state index >= 15 is 0 Å². The molecule has 0 saturated carbocycles. The Balaban J connectivity index is 1.85. The standard InChI is InChI=1S/C18H18N2OS2/c1-10-5-11(2)7-14(6-10)17(21)20-15-8-16(23-13(15)4)18-19-12(3)9-22-18/h5-9H,1-4H3,(H,20,21). The molecule has 3 aromatic rings. The van der Waals surface area contributed by atoms with Gasteiger partial charge in [-0.2, -0.15) is 0 Å². The summed E-state index contributed by atoms with van der Waals surface area (Å²) in [7, 11) is 0. The Morgan fingerprint density at radius 3 is 2.35 bits per heavy atom. The van der Waals surface area contributed by atoms with Gasteiger partial charge in [0.25, 0.3) is 5.91 Å². The molecule has 0 spiro atoms. The Morgan fingerprint density at radius 1 is 1.04 bits per heavy atom. The molecule has 0 unspecified atom stereocenters. The molecule has 2 heterocycles. The third kappa shape index (κ3) is 3.51. The maximum atomic E-state index is 12.5. The van der Waals surface area contributed by atoms with Gasteiger partial charge in [-0.1, -0.05) is 17.2 Å². The number of hydrogen-bond donors (Lipinski definition) is 1. The molecule has 2 aromatic heterocycles. The van der Waals surface area contributed by atoms with Crippen LogP contribution in [0.15, 0.2) is 29.6 Å². The Labute approximate surface area is 144 Å². The number of thiophene rings is 1. The van der Waals surface area contributed by atoms with E-state index in [1.807, 2.05) is 51.3 Å². The summed E-state index contributed by atoms with van der Waals surface area (Å²) in [6, 6.07) is 7.90. The first-order valence-electron chi connectivity index (χ1n) is 7.35. The highest BCUT2D eigenvalue weighted by Gasteiger charge is 2.14. The third-order valence-corrected chi connectivity index (χ3v) is 5.66. The van der Waals surface area contributed by atoms with Crippen molar-refractivity contribution in [1.29, 1.82) is 0 Å². The quantitative estimate of drug-likeness (QED) is 0.696. The van der Waals surface area contributed by atoms with Crippen LogP contribution in [-0.2, 0) is 0 Å². The summed E-state index contributed by atoms with van der Waals surface area (Å²) in [5.74, 6) is -0.0698. The molecule has 1 N–H and O–H groups in total. The van der Waals surface area contributed by atoms with Crippen LogP contribution in [-0.4, -0.2) is 10.9 Å². The largest absolute Gasteiger partial charge is 0.321 e. The van der Waals surface area contributed by atoms with Crippen LogP contribution in [0.4, 0.5) is 5.69 Å². The van der Waals surface area contributed by atoms with Gasteiger partial charge < -0.3 is 5.32 Å². The van der Waals surface area contributed by atoms with Gasteiger partial charge in [0.15, 0.2) is 0 Å². The third-order valence-electron chi connectivity index (χ3n) is 3.48. The molecular formula is C18H18N2OS2. The van der Waals surface area contributed by atoms with Crippen LogP contribution in [0, 0.1) is 27.7 Å². The lowest BCUT2D eigenvalue weighted by molar-refractivity contribution is 0.102. The lowest BCUT2D eigenvalue weighted by atomic mass is 10.1. The van der Waals surface area contributed by atoms with E-state index in [2.05, 4.69) is 16.4 Å². The first kappa shape index (κ1) is 15.9. The number of amides is 1. The van der Waals surface area contributed by atoms with Crippen molar-refractivity contribution < 1.29 is 4.79 Å². The minimum Gasteiger partial charge on any atom is -0.321 e. The van der Waals surface area contributed by atoms with Crippen LogP contribution in [0.25, 0.3) is 9.88 Å². The summed E-state index contributed by atoms with van der Waals surface area (Å²) in [6.07, 6.45) is 0. The molecule has 0 saturated heterocycles. The molecule has 0 bridgehead atoms. The number of nitrogens with one attached hydrogen (secondary N) is 1. The first-order chi connectivity index (χ1) is 10.9. The van der Waals surface area contributed by atoms with Crippen molar-refractivity contribution in [2.24, 2.45) is 0 Å². The van der Waals surface area contributed by atoms with Crippen molar-refractivity contribution >= 4 is 34.3 Å². The van der Waals surface area contributed by atoms with Crippen molar-refractivity contribution in [3.05, 3.63) is 56.9 Å². The van der Waals surface area contributed by atoms with Gasteiger partial charge in [-0.25, -0.2) is 4.98 Å². The number of carbonyl (C=O) groups is 1. The predicted molar refractivity (Wildman–Crippen MR) is 98.8 cm³/mol. The number of benzene rings is 1. The second kappa shape index (κ2) is 6.26. The molecule has 0 radical (unpaired) electrons. The number of anilines is 1. The van der Waals surface area contributed by atoms with Gasteiger partial charge in [0.1, 0.15) is 5.01 Å². The van der Waals surface area contributed by atoms with E-state index in [4.69, 9.17) is 0 Å². The zero-order chi connectivity index (χ0) is 16.6. The first-order valence-corrected chi connectivity index (χ1v) is 9.04. The van der Waals surface area contributed by atoms with Crippen molar-refractivity contribution in [2.45, 2.75) is 27.7 Å². The predicted octanol–water partition coefficient (Wildman–Crippen LogP) is 5.36. The van der Waals surface area contributed by atoms with E-state index in [0.29, 0.717) is 5.56 Å². The van der Waals surface area contributed by atoms with Crippen LogP contribution in [0.5, 0.6) is 0 Å². The summed E-state index contributed by atoms with van der Waals surface area (Å²) in [5.41, 5.74) is 4.77. The summed E-state index contributed by atoms with van der Waals surface area (Å²) >= 11 is 3.29. The average molecular weight is 342 g/mol. The van der Waals surface area contributed by atoms with Crippen LogP contribution in [0.2, 0.25) is 0 Å². The Kier molecular flexibility index (Phi) is 4.33. The molecule has 0 aliphatic rings. The van der Waals surface area contributed by atoms with Gasteiger partial charge in [0.05, 0.1) is 10.6 Å². The molecule has 23 heavy (non-hydrogen) atoms. The molecule has 0 atom stereocenters. The lowest BCUT2D eigenvalue weighted by Gasteiger charge is -2.06. The van der Waals surface area contributed by atoms with Crippen molar-refractivity contribution in [1.82, 2.24) is 4.98 Å². The van der Waals surface area contributed by atoms with Gasteiger partial charge in [0.2, 0.25) is 0 Å². The molecule has 118 valence electrons. The monoisotopic (exact) mass is 342 g/mol. The minimum absolute atomic E-state index is 0.0698. The van der Waals surface area contributed by atoms with Crippen molar-refractivity contribution in [3.8, 4) is 9.88 Å². The van der Waals surface area contributed by atoms with Crippen LogP contribution < -0.4 is 5.32 Å². The van der Waals surface area contributed by atoms with E-state index in [-0.39, 0.29) is 5.91 Å². The van der Waals surface area contributed by atoms with Crippen LogP contribution in [0.1, 0.15) is 32.1 Å². The zero-order valence-electron chi connectivity index (χ0n) is 13.6. The van der Waals surface area contributed by atoms with E-state index in [9.17, 15) is 4.79 Å². The normalized spacial score (nSPS) is 10.8. The fourth-order valence-corrected chi connectivity index (χ4v) is 4.31. The fourth-order valence-electron chi connectivity index (χ4n) is 2.48. The fraction of sp³-hybridized carbons (Fsp3) is 0.222. The van der Waals surface area contributed by atoms with Crippen LogP contribution in [0.3, 0.4) is 0 Å². The SMILES string of the molecule is Cc1cc(C)cc(C(=O)Nc2cc(-c3nc(C)cs3)sc2C)c1. The highest BCUT2D eigenvalue weighted by atomic mass is 32.1. The number of aryl methyl sites for hydroxylation is 4. The molecule has 1 aromatic carbocycles. The van der Waals surface area contributed by atoms with Gasteiger partial charge in [-0.3, -0.25) is 4.79 Å². The molecule has 0 fully saturated rings. The number of thiazole rings is 1. The number of nitrogens with zero attached hydrogens (tertiary/aromatic N) is 1. The highest BCUT2D eigenvalue weighted by molar-refractivity contribution is 7.21. The molecule has 3 rings (SSSR count). The molecule has 3 nitrogen and oxygen atoms in total. The summed E-state index contributed by atoms with van der Waals surface area (Å²) in [5, 5.41) is 6.07. The maximum Gasteiger partial charge on any atom is 0.255 e.